The fraction of sp³-hybridized carbons (Fsp3) is 0.125. The monoisotopic (exact) mass is 454 g/mol. The number of halogens is 1. The van der Waals surface area contributed by atoms with E-state index in [-0.39, 0.29) is 29.5 Å². The maximum absolute atomic E-state index is 14.0. The molecule has 0 radical (unpaired) electrons. The molecule has 1 N–H and O–H groups in total. The molecule has 0 fully saturated rings. The lowest BCUT2D eigenvalue weighted by molar-refractivity contribution is 0.0761. The minimum atomic E-state index is -3.89. The highest BCUT2D eigenvalue weighted by Gasteiger charge is 2.20. The molecule has 0 atom stereocenters. The van der Waals surface area contributed by atoms with Gasteiger partial charge in [-0.3, -0.25) is 9.52 Å². The summed E-state index contributed by atoms with van der Waals surface area (Å²) >= 11 is 0. The Labute approximate surface area is 187 Å². The van der Waals surface area contributed by atoms with Crippen LogP contribution in [0.3, 0.4) is 0 Å². The van der Waals surface area contributed by atoms with Crippen LogP contribution in [0.1, 0.15) is 15.9 Å². The van der Waals surface area contributed by atoms with E-state index in [1.807, 2.05) is 0 Å². The van der Waals surface area contributed by atoms with Crippen LogP contribution in [-0.2, 0) is 16.6 Å². The van der Waals surface area contributed by atoms with Crippen LogP contribution in [-0.4, -0.2) is 32.9 Å². The van der Waals surface area contributed by atoms with Crippen LogP contribution in [0, 0.1) is 5.82 Å². The Morgan fingerprint density at radius 2 is 1.72 bits per heavy atom. The number of para-hydroxylation sites is 2. The van der Waals surface area contributed by atoms with Gasteiger partial charge in [0.25, 0.3) is 15.9 Å². The maximum Gasteiger partial charge on any atom is 0.262 e. The molecular formula is C24H23FN2O4S. The molecule has 1 amide bonds. The van der Waals surface area contributed by atoms with Gasteiger partial charge in [-0.25, -0.2) is 12.8 Å². The fourth-order valence-corrected chi connectivity index (χ4v) is 4.17. The predicted molar refractivity (Wildman–Crippen MR) is 122 cm³/mol. The Hall–Kier alpha value is -3.65. The topological polar surface area (TPSA) is 75.7 Å². The zero-order valence-corrected chi connectivity index (χ0v) is 18.3. The molecule has 0 saturated heterocycles. The van der Waals surface area contributed by atoms with Crippen molar-refractivity contribution in [3.05, 3.63) is 102 Å². The van der Waals surface area contributed by atoms with Gasteiger partial charge in [-0.2, -0.15) is 0 Å². The molecule has 3 aromatic carbocycles. The minimum Gasteiger partial charge on any atom is -0.495 e. The predicted octanol–water partition coefficient (Wildman–Crippen LogP) is 4.46. The number of amides is 1. The highest BCUT2D eigenvalue weighted by atomic mass is 32.2. The van der Waals surface area contributed by atoms with E-state index in [0.29, 0.717) is 17.0 Å². The molecule has 0 bridgehead atoms. The first kappa shape index (κ1) is 23.0. The lowest BCUT2D eigenvalue weighted by Gasteiger charge is -2.22. The molecule has 0 heterocycles. The van der Waals surface area contributed by atoms with E-state index < -0.39 is 15.8 Å². The van der Waals surface area contributed by atoms with Crippen LogP contribution in [0.5, 0.6) is 5.75 Å². The zero-order valence-electron chi connectivity index (χ0n) is 17.5. The van der Waals surface area contributed by atoms with Gasteiger partial charge < -0.3 is 9.64 Å². The van der Waals surface area contributed by atoms with Crippen molar-refractivity contribution >= 4 is 21.6 Å². The van der Waals surface area contributed by atoms with E-state index in [1.165, 1.54) is 42.3 Å². The summed E-state index contributed by atoms with van der Waals surface area (Å²) in [6.07, 6.45) is 1.55. The fourth-order valence-electron chi connectivity index (χ4n) is 3.10. The van der Waals surface area contributed by atoms with Crippen molar-refractivity contribution in [2.24, 2.45) is 0 Å². The molecule has 0 unspecified atom stereocenters. The molecule has 0 saturated carbocycles. The number of carbonyl (C=O) groups excluding carboxylic acids is 1. The summed E-state index contributed by atoms with van der Waals surface area (Å²) in [6, 6.07) is 18.4. The molecule has 6 nitrogen and oxygen atoms in total. The first-order chi connectivity index (χ1) is 15.4. The second-order valence-corrected chi connectivity index (χ2v) is 8.58. The van der Waals surface area contributed by atoms with Crippen molar-refractivity contribution < 1.29 is 22.3 Å². The van der Waals surface area contributed by atoms with E-state index >= 15 is 0 Å². The second kappa shape index (κ2) is 10.1. The summed E-state index contributed by atoms with van der Waals surface area (Å²) in [5, 5.41) is 0. The number of rotatable bonds is 9. The van der Waals surface area contributed by atoms with E-state index in [1.54, 1.807) is 48.5 Å². The van der Waals surface area contributed by atoms with Crippen molar-refractivity contribution in [3.8, 4) is 5.75 Å². The summed E-state index contributed by atoms with van der Waals surface area (Å²) in [4.78, 5) is 14.4. The molecule has 8 heteroatoms. The highest BCUT2D eigenvalue weighted by Crippen LogP contribution is 2.26. The van der Waals surface area contributed by atoms with Crippen molar-refractivity contribution in [2.45, 2.75) is 11.4 Å². The lowest BCUT2D eigenvalue weighted by atomic mass is 10.1. The van der Waals surface area contributed by atoms with Gasteiger partial charge in [0.15, 0.2) is 0 Å². The molecule has 166 valence electrons. The second-order valence-electron chi connectivity index (χ2n) is 6.90. The summed E-state index contributed by atoms with van der Waals surface area (Å²) < 4.78 is 47.2. The lowest BCUT2D eigenvalue weighted by Crippen LogP contribution is -2.31. The largest absolute Gasteiger partial charge is 0.495 e. The van der Waals surface area contributed by atoms with Gasteiger partial charge in [-0.05, 0) is 42.5 Å². The average Bonchev–Trinajstić information content (AvgIpc) is 2.80. The Balaban J connectivity index is 1.80. The Morgan fingerprint density at radius 3 is 2.38 bits per heavy atom. The minimum absolute atomic E-state index is 0.00988. The number of anilines is 1. The third-order valence-electron chi connectivity index (χ3n) is 4.72. The van der Waals surface area contributed by atoms with Crippen LogP contribution in [0.15, 0.2) is 90.3 Å². The van der Waals surface area contributed by atoms with Crippen LogP contribution >= 0.6 is 0 Å². The Kier molecular flexibility index (Phi) is 7.27. The van der Waals surface area contributed by atoms with Crippen molar-refractivity contribution in [1.29, 1.82) is 0 Å². The third kappa shape index (κ3) is 5.33. The van der Waals surface area contributed by atoms with Crippen molar-refractivity contribution in [2.75, 3.05) is 18.4 Å². The van der Waals surface area contributed by atoms with Gasteiger partial charge >= 0.3 is 0 Å². The van der Waals surface area contributed by atoms with Gasteiger partial charge in [0.2, 0.25) is 0 Å². The number of nitrogens with zero attached hydrogens (tertiary/aromatic N) is 1. The maximum atomic E-state index is 14.0. The van der Waals surface area contributed by atoms with E-state index in [2.05, 4.69) is 11.3 Å². The molecule has 0 aliphatic carbocycles. The summed E-state index contributed by atoms with van der Waals surface area (Å²) in [7, 11) is -2.45. The molecule has 3 aromatic rings. The van der Waals surface area contributed by atoms with Gasteiger partial charge in [0.05, 0.1) is 17.7 Å². The third-order valence-corrected chi connectivity index (χ3v) is 6.10. The number of hydrogen-bond donors (Lipinski definition) is 1. The zero-order chi connectivity index (χ0) is 23.1. The average molecular weight is 455 g/mol. The first-order valence-corrected chi connectivity index (χ1v) is 11.2. The molecule has 3 rings (SSSR count). The molecule has 32 heavy (non-hydrogen) atoms. The number of methoxy groups -OCH3 is 1. The summed E-state index contributed by atoms with van der Waals surface area (Å²) in [5.41, 5.74) is 0.958. The number of benzene rings is 3. The van der Waals surface area contributed by atoms with E-state index in [9.17, 15) is 17.6 Å². The SMILES string of the molecule is C=CCN(Cc1ccccc1F)C(=O)c1ccc(S(=O)(=O)Nc2ccccc2OC)cc1. The van der Waals surface area contributed by atoms with Gasteiger partial charge in [-0.1, -0.05) is 36.4 Å². The molecular weight excluding hydrogens is 431 g/mol. The van der Waals surface area contributed by atoms with Crippen LogP contribution in [0.4, 0.5) is 10.1 Å². The van der Waals surface area contributed by atoms with Gasteiger partial charge in [0, 0.05) is 24.2 Å². The van der Waals surface area contributed by atoms with Crippen LogP contribution in [0.2, 0.25) is 0 Å². The number of hydrogen-bond acceptors (Lipinski definition) is 4. The Bertz CT molecular complexity index is 1210. The van der Waals surface area contributed by atoms with Crippen LogP contribution in [0.25, 0.3) is 0 Å². The molecule has 0 aliphatic rings. The van der Waals surface area contributed by atoms with Gasteiger partial charge in [0.1, 0.15) is 11.6 Å². The smallest absolute Gasteiger partial charge is 0.262 e. The summed E-state index contributed by atoms with van der Waals surface area (Å²) in [6.45, 7) is 3.93. The standard InChI is InChI=1S/C24H23FN2O4S/c1-3-16-27(17-19-8-4-5-9-21(19)25)24(28)18-12-14-20(15-13-18)32(29,30)26-22-10-6-7-11-23(22)31-2/h3-15,26H,1,16-17H2,2H3. The molecule has 0 spiro atoms. The van der Waals surface area contributed by atoms with Crippen LogP contribution < -0.4 is 9.46 Å². The highest BCUT2D eigenvalue weighted by molar-refractivity contribution is 7.92. The van der Waals surface area contributed by atoms with E-state index in [0.717, 1.165) is 0 Å². The van der Waals surface area contributed by atoms with Crippen molar-refractivity contribution in [3.63, 3.8) is 0 Å². The van der Waals surface area contributed by atoms with Gasteiger partial charge in [-0.15, -0.1) is 6.58 Å². The first-order valence-electron chi connectivity index (χ1n) is 9.75. The Morgan fingerprint density at radius 1 is 1.06 bits per heavy atom. The summed E-state index contributed by atoms with van der Waals surface area (Å²) in [5.74, 6) is -0.385. The number of ether oxygens (including phenoxy) is 1. The normalized spacial score (nSPS) is 10.9. The quantitative estimate of drug-likeness (QED) is 0.484. The molecule has 0 aliphatic heterocycles. The number of carbonyl (C=O) groups is 1. The number of nitrogens with one attached hydrogen (secondary N) is 1. The van der Waals surface area contributed by atoms with Crippen molar-refractivity contribution in [1.82, 2.24) is 4.90 Å². The molecule has 0 aromatic heterocycles. The number of sulfonamides is 1. The van der Waals surface area contributed by atoms with E-state index in [4.69, 9.17) is 4.74 Å².